The lowest BCUT2D eigenvalue weighted by Gasteiger charge is -2.45. The molecule has 3 heterocycles. The Labute approximate surface area is 247 Å². The molecule has 1 saturated heterocycles. The lowest BCUT2D eigenvalue weighted by Crippen LogP contribution is -2.55. The predicted octanol–water partition coefficient (Wildman–Crippen LogP) is 2.29. The zero-order valence-corrected chi connectivity index (χ0v) is 25.2. The van der Waals surface area contributed by atoms with Crippen LogP contribution in [0.25, 0.3) is 0 Å². The highest BCUT2D eigenvalue weighted by atomic mass is 16.6. The Morgan fingerprint density at radius 1 is 1.24 bits per heavy atom. The second-order valence-corrected chi connectivity index (χ2v) is 11.6. The van der Waals surface area contributed by atoms with Gasteiger partial charge in [-0.3, -0.25) is 4.79 Å². The van der Waals surface area contributed by atoms with Crippen LogP contribution in [0.3, 0.4) is 0 Å². The summed E-state index contributed by atoms with van der Waals surface area (Å²) in [6.45, 7) is 5.79. The number of H-pyrrole nitrogens is 1. The van der Waals surface area contributed by atoms with Crippen molar-refractivity contribution in [2.24, 2.45) is 29.6 Å². The maximum absolute atomic E-state index is 13.9. The van der Waals surface area contributed by atoms with Gasteiger partial charge in [-0.1, -0.05) is 25.2 Å². The number of ether oxygens (including phenoxy) is 6. The molecule has 11 nitrogen and oxygen atoms in total. The molecule has 2 aliphatic heterocycles. The first-order valence-corrected chi connectivity index (χ1v) is 14.5. The van der Waals surface area contributed by atoms with E-state index >= 15 is 0 Å². The summed E-state index contributed by atoms with van der Waals surface area (Å²) in [4.78, 5) is 29.8. The fourth-order valence-electron chi connectivity index (χ4n) is 7.27. The summed E-state index contributed by atoms with van der Waals surface area (Å²) in [6, 6.07) is 3.33. The number of aliphatic hydroxyl groups excluding tert-OH is 2. The summed E-state index contributed by atoms with van der Waals surface area (Å²) in [5.41, 5.74) is -0.0994. The van der Waals surface area contributed by atoms with E-state index in [4.69, 9.17) is 28.4 Å². The van der Waals surface area contributed by atoms with E-state index < -0.39 is 77.6 Å². The van der Waals surface area contributed by atoms with Gasteiger partial charge in [0.2, 0.25) is 0 Å². The van der Waals surface area contributed by atoms with Crippen LogP contribution >= 0.6 is 0 Å². The van der Waals surface area contributed by atoms with Crippen LogP contribution in [0.15, 0.2) is 42.1 Å². The van der Waals surface area contributed by atoms with Gasteiger partial charge in [-0.15, -0.1) is 0 Å². The lowest BCUT2D eigenvalue weighted by molar-refractivity contribution is -0.173. The van der Waals surface area contributed by atoms with Gasteiger partial charge in [0.1, 0.15) is 29.6 Å². The van der Waals surface area contributed by atoms with Crippen molar-refractivity contribution >= 4 is 11.9 Å². The van der Waals surface area contributed by atoms with E-state index in [0.29, 0.717) is 6.42 Å². The van der Waals surface area contributed by atoms with Gasteiger partial charge >= 0.3 is 11.9 Å². The zero-order valence-electron chi connectivity index (χ0n) is 25.2. The molecule has 1 aromatic heterocycles. The molecule has 3 aliphatic rings. The van der Waals surface area contributed by atoms with Crippen LogP contribution in [0.1, 0.15) is 37.7 Å². The third-order valence-corrected chi connectivity index (χ3v) is 9.04. The Morgan fingerprint density at radius 2 is 1.98 bits per heavy atom. The third kappa shape index (κ3) is 5.95. The quantitative estimate of drug-likeness (QED) is 0.274. The Hall–Kier alpha value is -2.54. The van der Waals surface area contributed by atoms with Crippen molar-refractivity contribution < 1.29 is 48.2 Å². The van der Waals surface area contributed by atoms with Gasteiger partial charge in [-0.25, -0.2) is 4.79 Å². The molecule has 1 aromatic rings. The molecule has 3 N–H and O–H groups in total. The number of allylic oxidation sites excluding steroid dienone is 1. The second kappa shape index (κ2) is 13.8. The first-order chi connectivity index (χ1) is 20.1. The molecule has 4 rings (SSSR count). The van der Waals surface area contributed by atoms with Crippen molar-refractivity contribution in [3.8, 4) is 0 Å². The number of aromatic nitrogens is 1. The smallest absolute Gasteiger partial charge is 0.355 e. The van der Waals surface area contributed by atoms with Crippen molar-refractivity contribution in [3.05, 3.63) is 47.8 Å². The van der Waals surface area contributed by atoms with Crippen LogP contribution in [0.2, 0.25) is 0 Å². The fraction of sp³-hybridized carbons (Fsp3) is 0.677. The molecule has 42 heavy (non-hydrogen) atoms. The molecule has 2 fully saturated rings. The van der Waals surface area contributed by atoms with Crippen LogP contribution < -0.4 is 0 Å². The van der Waals surface area contributed by atoms with Crippen molar-refractivity contribution in [2.45, 2.75) is 63.3 Å². The number of methoxy groups -OCH3 is 3. The van der Waals surface area contributed by atoms with Crippen molar-refractivity contribution in [1.29, 1.82) is 0 Å². The monoisotopic (exact) mass is 591 g/mol. The number of cyclic esters (lactones) is 1. The summed E-state index contributed by atoms with van der Waals surface area (Å²) < 4.78 is 35.2. The number of hydrogen-bond donors (Lipinski definition) is 3. The van der Waals surface area contributed by atoms with E-state index in [-0.39, 0.29) is 25.5 Å². The van der Waals surface area contributed by atoms with E-state index in [1.807, 2.05) is 39.0 Å². The molecule has 1 saturated carbocycles. The van der Waals surface area contributed by atoms with Crippen LogP contribution in [0.5, 0.6) is 0 Å². The van der Waals surface area contributed by atoms with Crippen molar-refractivity contribution in [1.82, 2.24) is 4.98 Å². The van der Waals surface area contributed by atoms with E-state index in [0.717, 1.165) is 5.57 Å². The van der Waals surface area contributed by atoms with Crippen LogP contribution in [0.4, 0.5) is 0 Å². The number of carbonyl (C=O) groups excluding carboxylic acids is 2. The minimum Gasteiger partial charge on any atom is -0.459 e. The molecule has 1 spiro atoms. The van der Waals surface area contributed by atoms with Crippen LogP contribution in [-0.4, -0.2) is 104 Å². The number of nitrogens with one attached hydrogen (secondary N) is 1. The second-order valence-electron chi connectivity index (χ2n) is 11.6. The molecular formula is C31H45NO10. The van der Waals surface area contributed by atoms with Gasteiger partial charge in [0.05, 0.1) is 37.9 Å². The number of esters is 2. The molecule has 234 valence electrons. The van der Waals surface area contributed by atoms with E-state index in [1.165, 1.54) is 21.3 Å². The highest BCUT2D eigenvalue weighted by Gasteiger charge is 2.66. The Balaban J connectivity index is 1.85. The minimum atomic E-state index is -1.17. The SMILES string of the molecule is C/C=C\[C@@H]1[C@@H](COC)C(=O)O[C@H]([C@H](O)COC)[C@H](C)/C=C(\C)[C@]12O[C@@H]1C[C@H]2[C@H](O)[C@@H](COC)[C@H]1OC(=O)c1ccc[nH]1. The largest absolute Gasteiger partial charge is 0.459 e. The summed E-state index contributed by atoms with van der Waals surface area (Å²) in [7, 11) is 4.52. The summed E-state index contributed by atoms with van der Waals surface area (Å²) >= 11 is 0. The van der Waals surface area contributed by atoms with Gasteiger partial charge in [-0.2, -0.15) is 0 Å². The van der Waals surface area contributed by atoms with E-state index in [2.05, 4.69) is 4.98 Å². The Kier molecular flexibility index (Phi) is 10.7. The van der Waals surface area contributed by atoms with Gasteiger partial charge in [0.25, 0.3) is 0 Å². The zero-order chi connectivity index (χ0) is 30.6. The maximum Gasteiger partial charge on any atom is 0.355 e. The summed E-state index contributed by atoms with van der Waals surface area (Å²) in [5, 5.41) is 22.9. The van der Waals surface area contributed by atoms with Gasteiger partial charge in [-0.05, 0) is 38.0 Å². The van der Waals surface area contributed by atoms with Crippen molar-refractivity contribution in [2.75, 3.05) is 41.2 Å². The van der Waals surface area contributed by atoms with E-state index in [9.17, 15) is 19.8 Å². The normalized spacial score (nSPS) is 38.8. The maximum atomic E-state index is 13.9. The number of carbonyl (C=O) groups is 2. The molecule has 0 radical (unpaired) electrons. The Morgan fingerprint density at radius 3 is 2.60 bits per heavy atom. The van der Waals surface area contributed by atoms with Gasteiger partial charge in [0, 0.05) is 51.2 Å². The predicted molar refractivity (Wildman–Crippen MR) is 151 cm³/mol. The fourth-order valence-corrected chi connectivity index (χ4v) is 7.27. The number of hydrogen-bond acceptors (Lipinski definition) is 10. The molecule has 0 aromatic carbocycles. The number of aliphatic hydroxyl groups is 2. The first-order valence-electron chi connectivity index (χ1n) is 14.5. The summed E-state index contributed by atoms with van der Waals surface area (Å²) in [6.07, 6.45) is 3.39. The number of rotatable bonds is 10. The molecule has 0 unspecified atom stereocenters. The number of fused-ring (bicyclic) bond motifs is 3. The minimum absolute atomic E-state index is 0.0139. The van der Waals surface area contributed by atoms with E-state index in [1.54, 1.807) is 18.3 Å². The summed E-state index contributed by atoms with van der Waals surface area (Å²) in [5.74, 6) is -4.01. The Bertz CT molecular complexity index is 1120. The topological polar surface area (TPSA) is 146 Å². The highest BCUT2D eigenvalue weighted by Crippen LogP contribution is 2.57. The molecular weight excluding hydrogens is 546 g/mol. The third-order valence-electron chi connectivity index (χ3n) is 9.04. The first kappa shape index (κ1) is 32.4. The molecule has 0 amide bonds. The average molecular weight is 592 g/mol. The molecule has 11 atom stereocenters. The molecule has 1 aliphatic carbocycles. The van der Waals surface area contributed by atoms with Gasteiger partial charge in [0.15, 0.2) is 0 Å². The van der Waals surface area contributed by atoms with Crippen molar-refractivity contribution in [3.63, 3.8) is 0 Å². The molecule has 11 heteroatoms. The lowest BCUT2D eigenvalue weighted by atomic mass is 9.62. The van der Waals surface area contributed by atoms with Gasteiger partial charge < -0.3 is 43.6 Å². The average Bonchev–Trinajstić information content (AvgIpc) is 3.62. The van der Waals surface area contributed by atoms with Crippen LogP contribution in [0, 0.1) is 29.6 Å². The highest BCUT2D eigenvalue weighted by molar-refractivity contribution is 5.87. The molecule has 2 bridgehead atoms. The number of aromatic amines is 1. The van der Waals surface area contributed by atoms with Crippen LogP contribution in [-0.2, 0) is 33.2 Å². The standard InChI is InChI=1S/C31H45NO10/c1-7-9-21-19(14-37-4)29(35)40-27(24(33)16-39-6)17(2)12-18(3)31(21)22-13-25(42-31)28(20(15-38-5)26(22)34)41-30(36)23-10-8-11-32-23/h7-12,17,19-22,24-28,32-34H,13-16H2,1-6H3/b9-7-,18-12+/t17-,19-,20-,21-,22+,24-,25-,26-,27+,28-,31+/m1/s1.